The number of nitrogens with one attached hydrogen (secondary N) is 1. The molecule has 1 N–H and O–H groups in total. The fourth-order valence-corrected chi connectivity index (χ4v) is 2.80. The molecule has 0 radical (unpaired) electrons. The third kappa shape index (κ3) is 2.95. The Kier molecular flexibility index (Phi) is 4.21. The summed E-state index contributed by atoms with van der Waals surface area (Å²) >= 11 is 0. The van der Waals surface area contributed by atoms with Crippen LogP contribution in [0.3, 0.4) is 0 Å². The molecule has 0 bridgehead atoms. The number of fused-ring (bicyclic) bond motifs is 1. The van der Waals surface area contributed by atoms with Crippen molar-refractivity contribution >= 4 is 16.7 Å². The summed E-state index contributed by atoms with van der Waals surface area (Å²) in [5, 5.41) is 2.30. The van der Waals surface area contributed by atoms with E-state index in [2.05, 4.69) is 29.2 Å². The fraction of sp³-hybridized carbons (Fsp3) is 0.200. The molecule has 4 nitrogen and oxygen atoms in total. The van der Waals surface area contributed by atoms with E-state index in [1.807, 2.05) is 25.1 Å². The highest BCUT2D eigenvalue weighted by molar-refractivity contribution is 5.94. The van der Waals surface area contributed by atoms with Gasteiger partial charge in [-0.25, -0.2) is 0 Å². The van der Waals surface area contributed by atoms with Gasteiger partial charge >= 0.3 is 0 Å². The normalized spacial score (nSPS) is 12.1. The molecule has 0 spiro atoms. The number of pyridine rings is 1. The Bertz CT molecular complexity index is 959. The number of carbonyl (C=O) groups excluding carboxylic acids is 1. The van der Waals surface area contributed by atoms with Gasteiger partial charge in [0.2, 0.25) is 0 Å². The molecule has 0 aliphatic rings. The number of carbonyl (C=O) groups is 1. The average Bonchev–Trinajstić information content (AvgIpc) is 2.59. The van der Waals surface area contributed by atoms with E-state index >= 15 is 0 Å². The molecule has 1 amide bonds. The van der Waals surface area contributed by atoms with Crippen LogP contribution in [-0.4, -0.2) is 22.8 Å². The number of rotatable bonds is 3. The average molecular weight is 320 g/mol. The van der Waals surface area contributed by atoms with Crippen molar-refractivity contribution in [2.75, 3.05) is 7.05 Å². The van der Waals surface area contributed by atoms with Crippen molar-refractivity contribution in [3.63, 3.8) is 0 Å². The number of aromatic amines is 1. The van der Waals surface area contributed by atoms with Crippen LogP contribution in [-0.2, 0) is 0 Å². The van der Waals surface area contributed by atoms with E-state index in [1.165, 1.54) is 0 Å². The van der Waals surface area contributed by atoms with Crippen LogP contribution in [0.4, 0.5) is 0 Å². The predicted octanol–water partition coefficient (Wildman–Crippen LogP) is 3.67. The van der Waals surface area contributed by atoms with Gasteiger partial charge in [-0.2, -0.15) is 0 Å². The molecule has 2 aromatic carbocycles. The van der Waals surface area contributed by atoms with Crippen LogP contribution in [0.15, 0.2) is 59.4 Å². The van der Waals surface area contributed by atoms with Crippen molar-refractivity contribution in [2.45, 2.75) is 19.9 Å². The van der Waals surface area contributed by atoms with Crippen LogP contribution in [0, 0.1) is 6.92 Å². The zero-order valence-electron chi connectivity index (χ0n) is 14.0. The number of aromatic nitrogens is 1. The Morgan fingerprint density at radius 2 is 1.75 bits per heavy atom. The van der Waals surface area contributed by atoms with Gasteiger partial charge < -0.3 is 9.88 Å². The van der Waals surface area contributed by atoms with Gasteiger partial charge in [-0.05, 0) is 48.4 Å². The molecule has 0 aliphatic heterocycles. The first-order valence-corrected chi connectivity index (χ1v) is 7.93. The van der Waals surface area contributed by atoms with Gasteiger partial charge in [-0.15, -0.1) is 0 Å². The van der Waals surface area contributed by atoms with E-state index in [9.17, 15) is 9.59 Å². The molecule has 0 unspecified atom stereocenters. The highest BCUT2D eigenvalue weighted by Gasteiger charge is 2.21. The molecule has 0 saturated carbocycles. The molecular weight excluding hydrogens is 300 g/mol. The summed E-state index contributed by atoms with van der Waals surface area (Å²) < 4.78 is 0. The smallest absolute Gasteiger partial charge is 0.260 e. The maximum Gasteiger partial charge on any atom is 0.260 e. The lowest BCUT2D eigenvalue weighted by Crippen LogP contribution is -2.33. The highest BCUT2D eigenvalue weighted by atomic mass is 16.2. The van der Waals surface area contributed by atoms with E-state index in [0.29, 0.717) is 0 Å². The molecule has 3 aromatic rings. The molecule has 0 saturated heterocycles. The van der Waals surface area contributed by atoms with Crippen LogP contribution in [0.2, 0.25) is 0 Å². The summed E-state index contributed by atoms with van der Waals surface area (Å²) in [5.74, 6) is -0.281. The Hall–Kier alpha value is -2.88. The molecule has 0 fully saturated rings. The maximum absolute atomic E-state index is 12.7. The van der Waals surface area contributed by atoms with Crippen LogP contribution in [0.25, 0.3) is 10.8 Å². The highest BCUT2D eigenvalue weighted by Crippen LogP contribution is 2.24. The summed E-state index contributed by atoms with van der Waals surface area (Å²) in [5.41, 5.74) is 1.59. The summed E-state index contributed by atoms with van der Waals surface area (Å²) in [7, 11) is 1.72. The number of hydrogen-bond donors (Lipinski definition) is 1. The zero-order chi connectivity index (χ0) is 17.3. The van der Waals surface area contributed by atoms with E-state index in [0.717, 1.165) is 22.0 Å². The SMILES string of the molecule is Cc1ccc(C(=O)N(C)[C@H](C)c2ccc3ccccc3c2)c(=O)[nH]1. The summed E-state index contributed by atoms with van der Waals surface area (Å²) in [6.07, 6.45) is 0. The fourth-order valence-electron chi connectivity index (χ4n) is 2.80. The molecule has 1 atom stereocenters. The Morgan fingerprint density at radius 1 is 1.04 bits per heavy atom. The topological polar surface area (TPSA) is 53.2 Å². The van der Waals surface area contributed by atoms with Gasteiger partial charge in [0.15, 0.2) is 0 Å². The first kappa shape index (κ1) is 16.0. The van der Waals surface area contributed by atoms with Gasteiger partial charge in [0.25, 0.3) is 11.5 Å². The second-order valence-electron chi connectivity index (χ2n) is 6.08. The largest absolute Gasteiger partial charge is 0.335 e. The minimum absolute atomic E-state index is 0.136. The lowest BCUT2D eigenvalue weighted by molar-refractivity contribution is 0.0741. The van der Waals surface area contributed by atoms with Crippen LogP contribution < -0.4 is 5.56 Å². The van der Waals surface area contributed by atoms with E-state index in [1.54, 1.807) is 31.0 Å². The minimum atomic E-state index is -0.349. The van der Waals surface area contributed by atoms with Crippen molar-refractivity contribution in [3.05, 3.63) is 81.8 Å². The number of H-pyrrole nitrogens is 1. The van der Waals surface area contributed by atoms with Crippen LogP contribution in [0.1, 0.15) is 34.6 Å². The van der Waals surface area contributed by atoms with Gasteiger partial charge in [-0.1, -0.05) is 36.4 Å². The standard InChI is InChI=1S/C20H20N2O2/c1-13-8-11-18(19(23)21-13)20(24)22(3)14(2)16-10-9-15-6-4-5-7-17(15)12-16/h4-12,14H,1-3H3,(H,21,23)/t14-/m1/s1. The number of aryl methyl sites for hydroxylation is 1. The Balaban J connectivity index is 1.91. The van der Waals surface area contributed by atoms with E-state index < -0.39 is 0 Å². The molecular formula is C20H20N2O2. The number of hydrogen-bond acceptors (Lipinski definition) is 2. The molecule has 3 rings (SSSR count). The monoisotopic (exact) mass is 320 g/mol. The molecule has 122 valence electrons. The molecule has 4 heteroatoms. The number of nitrogens with zero attached hydrogens (tertiary/aromatic N) is 1. The Morgan fingerprint density at radius 3 is 2.46 bits per heavy atom. The summed E-state index contributed by atoms with van der Waals surface area (Å²) in [4.78, 5) is 29.0. The van der Waals surface area contributed by atoms with Crippen LogP contribution >= 0.6 is 0 Å². The first-order valence-electron chi connectivity index (χ1n) is 7.93. The quantitative estimate of drug-likeness (QED) is 0.800. The van der Waals surface area contributed by atoms with Gasteiger partial charge in [0.05, 0.1) is 6.04 Å². The van der Waals surface area contributed by atoms with Crippen LogP contribution in [0.5, 0.6) is 0 Å². The molecule has 0 aliphatic carbocycles. The zero-order valence-corrected chi connectivity index (χ0v) is 14.0. The second-order valence-corrected chi connectivity index (χ2v) is 6.08. The predicted molar refractivity (Wildman–Crippen MR) is 96.3 cm³/mol. The summed E-state index contributed by atoms with van der Waals surface area (Å²) in [6, 6.07) is 17.5. The van der Waals surface area contributed by atoms with Crippen molar-refractivity contribution in [1.29, 1.82) is 0 Å². The van der Waals surface area contributed by atoms with E-state index in [4.69, 9.17) is 0 Å². The number of amides is 1. The Labute approximate surface area is 140 Å². The number of benzene rings is 2. The minimum Gasteiger partial charge on any atom is -0.335 e. The lowest BCUT2D eigenvalue weighted by atomic mass is 10.0. The van der Waals surface area contributed by atoms with Gasteiger partial charge in [0.1, 0.15) is 5.56 Å². The van der Waals surface area contributed by atoms with Crippen molar-refractivity contribution in [3.8, 4) is 0 Å². The van der Waals surface area contributed by atoms with Gasteiger partial charge in [-0.3, -0.25) is 9.59 Å². The lowest BCUT2D eigenvalue weighted by Gasteiger charge is -2.25. The van der Waals surface area contributed by atoms with Gasteiger partial charge in [0, 0.05) is 12.7 Å². The van der Waals surface area contributed by atoms with Crippen molar-refractivity contribution < 1.29 is 4.79 Å². The second kappa shape index (κ2) is 6.32. The summed E-state index contributed by atoms with van der Waals surface area (Å²) in [6.45, 7) is 3.75. The third-order valence-corrected chi connectivity index (χ3v) is 4.44. The molecule has 1 aromatic heterocycles. The van der Waals surface area contributed by atoms with E-state index in [-0.39, 0.29) is 23.1 Å². The van der Waals surface area contributed by atoms with Crippen molar-refractivity contribution in [1.82, 2.24) is 9.88 Å². The molecule has 24 heavy (non-hydrogen) atoms. The van der Waals surface area contributed by atoms with Crippen molar-refractivity contribution in [2.24, 2.45) is 0 Å². The third-order valence-electron chi connectivity index (χ3n) is 4.44. The first-order chi connectivity index (χ1) is 11.5. The molecule has 1 heterocycles. The maximum atomic E-state index is 12.7.